The van der Waals surface area contributed by atoms with E-state index in [0.29, 0.717) is 6.54 Å². The Morgan fingerprint density at radius 2 is 1.82 bits per heavy atom. The zero-order chi connectivity index (χ0) is 19.9. The first kappa shape index (κ1) is 20.0. The molecule has 0 N–H and O–H groups in total. The van der Waals surface area contributed by atoms with Crippen molar-refractivity contribution < 1.29 is 9.47 Å². The van der Waals surface area contributed by atoms with Crippen molar-refractivity contribution in [3.63, 3.8) is 0 Å². The monoisotopic (exact) mass is 395 g/mol. The molecule has 6 heteroatoms. The highest BCUT2D eigenvalue weighted by Gasteiger charge is 2.19. The number of ether oxygens (including phenoxy) is 2. The minimum absolute atomic E-state index is 0.242. The Kier molecular flexibility index (Phi) is 6.76. The first-order chi connectivity index (χ1) is 13.6. The van der Waals surface area contributed by atoms with Crippen molar-refractivity contribution in [2.75, 3.05) is 7.11 Å². The Bertz CT molecular complexity index is 922. The summed E-state index contributed by atoms with van der Waals surface area (Å²) in [6, 6.07) is 15.9. The molecule has 5 nitrogen and oxygen atoms in total. The first-order valence-corrected chi connectivity index (χ1v) is 10.1. The van der Waals surface area contributed by atoms with E-state index in [1.807, 2.05) is 37.3 Å². The molecule has 0 amide bonds. The molecule has 3 rings (SSSR count). The second-order valence-corrected chi connectivity index (χ2v) is 7.33. The molecule has 0 aliphatic heterocycles. The van der Waals surface area contributed by atoms with Crippen LogP contribution in [0.2, 0.25) is 0 Å². The molecule has 1 atom stereocenters. The second-order valence-electron chi connectivity index (χ2n) is 6.39. The molecule has 0 aliphatic carbocycles. The molecular weight excluding hydrogens is 370 g/mol. The van der Waals surface area contributed by atoms with Gasteiger partial charge in [0.2, 0.25) is 0 Å². The molecule has 1 heterocycles. The van der Waals surface area contributed by atoms with Crippen LogP contribution < -0.4 is 9.47 Å². The van der Waals surface area contributed by atoms with Gasteiger partial charge in [-0.1, -0.05) is 42.1 Å². The van der Waals surface area contributed by atoms with Crippen LogP contribution in [0.3, 0.4) is 0 Å². The molecule has 0 saturated carbocycles. The number of methoxy groups -OCH3 is 1. The minimum Gasteiger partial charge on any atom is -0.497 e. The van der Waals surface area contributed by atoms with E-state index < -0.39 is 0 Å². The molecule has 3 aromatic rings. The topological polar surface area (TPSA) is 49.2 Å². The lowest BCUT2D eigenvalue weighted by Crippen LogP contribution is -2.12. The van der Waals surface area contributed by atoms with Crippen LogP contribution in [0.1, 0.15) is 30.0 Å². The summed E-state index contributed by atoms with van der Waals surface area (Å²) in [5, 5.41) is 9.66. The van der Waals surface area contributed by atoms with Crippen molar-refractivity contribution in [2.45, 2.75) is 37.4 Å². The van der Waals surface area contributed by atoms with E-state index in [9.17, 15) is 0 Å². The van der Waals surface area contributed by atoms with Gasteiger partial charge >= 0.3 is 0 Å². The Hall–Kier alpha value is -2.73. The van der Waals surface area contributed by atoms with Crippen molar-refractivity contribution in [3.05, 3.63) is 78.1 Å². The van der Waals surface area contributed by atoms with Crippen LogP contribution in [0.15, 0.2) is 66.3 Å². The Balaban J connectivity index is 1.75. The molecule has 28 heavy (non-hydrogen) atoms. The van der Waals surface area contributed by atoms with Crippen LogP contribution in [-0.4, -0.2) is 21.9 Å². The molecule has 0 spiro atoms. The average molecular weight is 396 g/mol. The van der Waals surface area contributed by atoms with E-state index >= 15 is 0 Å². The van der Waals surface area contributed by atoms with Crippen LogP contribution >= 0.6 is 11.8 Å². The van der Waals surface area contributed by atoms with E-state index in [1.54, 1.807) is 18.9 Å². The number of nitrogens with zero attached hydrogens (tertiary/aromatic N) is 3. The smallest absolute Gasteiger partial charge is 0.191 e. The maximum absolute atomic E-state index is 6.06. The SMILES string of the molecule is C=CCn1c(SCc2ccccc2C)nnc1C(C)Oc1ccc(OC)cc1. The molecule has 2 aromatic carbocycles. The molecule has 0 saturated heterocycles. The summed E-state index contributed by atoms with van der Waals surface area (Å²) in [7, 11) is 1.65. The summed E-state index contributed by atoms with van der Waals surface area (Å²) in [5.41, 5.74) is 2.57. The van der Waals surface area contributed by atoms with Crippen molar-refractivity contribution >= 4 is 11.8 Å². The fourth-order valence-electron chi connectivity index (χ4n) is 2.83. The van der Waals surface area contributed by atoms with E-state index in [-0.39, 0.29) is 6.10 Å². The Labute approximate surface area is 170 Å². The lowest BCUT2D eigenvalue weighted by Gasteiger charge is -2.16. The summed E-state index contributed by atoms with van der Waals surface area (Å²) in [5.74, 6) is 3.18. The van der Waals surface area contributed by atoms with Gasteiger partial charge in [-0.25, -0.2) is 0 Å². The van der Waals surface area contributed by atoms with Gasteiger partial charge in [0, 0.05) is 12.3 Å². The van der Waals surface area contributed by atoms with Crippen LogP contribution in [0, 0.1) is 6.92 Å². The number of hydrogen-bond acceptors (Lipinski definition) is 5. The quantitative estimate of drug-likeness (QED) is 0.367. The lowest BCUT2D eigenvalue weighted by molar-refractivity contribution is 0.210. The van der Waals surface area contributed by atoms with Crippen LogP contribution in [-0.2, 0) is 12.3 Å². The van der Waals surface area contributed by atoms with Crippen LogP contribution in [0.4, 0.5) is 0 Å². The Morgan fingerprint density at radius 3 is 2.50 bits per heavy atom. The fraction of sp³-hybridized carbons (Fsp3) is 0.273. The van der Waals surface area contributed by atoms with Gasteiger partial charge in [0.25, 0.3) is 0 Å². The molecule has 0 fully saturated rings. The van der Waals surface area contributed by atoms with E-state index in [2.05, 4.69) is 52.5 Å². The summed E-state index contributed by atoms with van der Waals surface area (Å²) in [4.78, 5) is 0. The molecule has 0 aliphatic rings. The molecule has 0 radical (unpaired) electrons. The Morgan fingerprint density at radius 1 is 1.11 bits per heavy atom. The molecule has 1 unspecified atom stereocenters. The van der Waals surface area contributed by atoms with Gasteiger partial charge in [-0.3, -0.25) is 4.57 Å². The number of hydrogen-bond donors (Lipinski definition) is 0. The summed E-state index contributed by atoms with van der Waals surface area (Å²) < 4.78 is 13.3. The van der Waals surface area contributed by atoms with Crippen LogP contribution in [0.5, 0.6) is 11.5 Å². The average Bonchev–Trinajstić information content (AvgIpc) is 3.11. The highest BCUT2D eigenvalue weighted by atomic mass is 32.2. The van der Waals surface area contributed by atoms with Gasteiger partial charge in [0.15, 0.2) is 17.1 Å². The minimum atomic E-state index is -0.242. The number of aromatic nitrogens is 3. The molecule has 1 aromatic heterocycles. The van der Waals surface area contributed by atoms with Gasteiger partial charge in [0.1, 0.15) is 11.5 Å². The third kappa shape index (κ3) is 4.75. The zero-order valence-electron chi connectivity index (χ0n) is 16.5. The number of benzene rings is 2. The van der Waals surface area contributed by atoms with Gasteiger partial charge in [0.05, 0.1) is 7.11 Å². The fourth-order valence-corrected chi connectivity index (χ4v) is 3.86. The van der Waals surface area contributed by atoms with Crippen molar-refractivity contribution in [1.29, 1.82) is 0 Å². The normalized spacial score (nSPS) is 11.8. The lowest BCUT2D eigenvalue weighted by atomic mass is 10.1. The second kappa shape index (κ2) is 9.46. The first-order valence-electron chi connectivity index (χ1n) is 9.14. The van der Waals surface area contributed by atoms with Crippen molar-refractivity contribution in [1.82, 2.24) is 14.8 Å². The summed E-state index contributed by atoms with van der Waals surface area (Å²) in [6.07, 6.45) is 1.61. The number of rotatable bonds is 9. The van der Waals surface area contributed by atoms with Gasteiger partial charge in [-0.05, 0) is 49.2 Å². The number of thioether (sulfide) groups is 1. The van der Waals surface area contributed by atoms with E-state index in [1.165, 1.54) is 11.1 Å². The third-order valence-electron chi connectivity index (χ3n) is 4.41. The van der Waals surface area contributed by atoms with Crippen LogP contribution in [0.25, 0.3) is 0 Å². The van der Waals surface area contributed by atoms with E-state index in [0.717, 1.165) is 28.2 Å². The summed E-state index contributed by atoms with van der Waals surface area (Å²) >= 11 is 1.67. The maximum Gasteiger partial charge on any atom is 0.191 e. The van der Waals surface area contributed by atoms with Gasteiger partial charge in [-0.2, -0.15) is 0 Å². The maximum atomic E-state index is 6.06. The predicted molar refractivity (Wildman–Crippen MR) is 113 cm³/mol. The zero-order valence-corrected chi connectivity index (χ0v) is 17.3. The largest absolute Gasteiger partial charge is 0.497 e. The van der Waals surface area contributed by atoms with E-state index in [4.69, 9.17) is 9.47 Å². The number of aryl methyl sites for hydroxylation is 1. The summed E-state index contributed by atoms with van der Waals surface area (Å²) in [6.45, 7) is 8.61. The van der Waals surface area contributed by atoms with Crippen molar-refractivity contribution in [2.24, 2.45) is 0 Å². The molecule has 0 bridgehead atoms. The number of allylic oxidation sites excluding steroid dienone is 1. The molecule has 146 valence electrons. The predicted octanol–water partition coefficient (Wildman–Crippen LogP) is 5.21. The highest BCUT2D eigenvalue weighted by Crippen LogP contribution is 2.28. The highest BCUT2D eigenvalue weighted by molar-refractivity contribution is 7.98. The van der Waals surface area contributed by atoms with Gasteiger partial charge in [-0.15, -0.1) is 16.8 Å². The molecular formula is C22H25N3O2S. The standard InChI is InChI=1S/C22H25N3O2S/c1-5-14-25-21(17(3)27-20-12-10-19(26-4)11-13-20)23-24-22(25)28-15-18-9-7-6-8-16(18)2/h5-13,17H,1,14-15H2,2-4H3. The van der Waals surface area contributed by atoms with Gasteiger partial charge < -0.3 is 9.47 Å². The third-order valence-corrected chi connectivity index (χ3v) is 5.43. The van der Waals surface area contributed by atoms with Crippen molar-refractivity contribution in [3.8, 4) is 11.5 Å².